The van der Waals surface area contributed by atoms with Crippen molar-refractivity contribution in [2.45, 2.75) is 37.8 Å². The quantitative estimate of drug-likeness (QED) is 0.201. The van der Waals surface area contributed by atoms with E-state index in [1.54, 1.807) is 66.7 Å². The highest BCUT2D eigenvalue weighted by Crippen LogP contribution is 2.26. The van der Waals surface area contributed by atoms with E-state index in [-0.39, 0.29) is 29.7 Å². The number of sulfonamides is 1. The maximum Gasteiger partial charge on any atom is 0.264 e. The number of hydrogen-bond donors (Lipinski definition) is 1. The van der Waals surface area contributed by atoms with Crippen LogP contribution in [-0.2, 0) is 32.6 Å². The van der Waals surface area contributed by atoms with Crippen LogP contribution < -0.4 is 9.62 Å². The first-order valence-electron chi connectivity index (χ1n) is 14.1. The molecule has 9 heteroatoms. The Kier molecular flexibility index (Phi) is 11.0. The first-order chi connectivity index (χ1) is 20.7. The van der Waals surface area contributed by atoms with Crippen LogP contribution in [0.25, 0.3) is 0 Å². The van der Waals surface area contributed by atoms with E-state index in [1.807, 2.05) is 50.2 Å². The normalized spacial score (nSPS) is 12.0. The molecule has 0 aliphatic carbocycles. The van der Waals surface area contributed by atoms with Crippen molar-refractivity contribution in [3.8, 4) is 0 Å². The van der Waals surface area contributed by atoms with Crippen LogP contribution in [0, 0.1) is 5.92 Å². The average molecular weight is 618 g/mol. The lowest BCUT2D eigenvalue weighted by atomic mass is 10.0. The number of hydrogen-bond acceptors (Lipinski definition) is 4. The van der Waals surface area contributed by atoms with Crippen molar-refractivity contribution in [3.63, 3.8) is 0 Å². The van der Waals surface area contributed by atoms with Crippen molar-refractivity contribution < 1.29 is 18.0 Å². The number of amides is 2. The number of nitrogens with zero attached hydrogens (tertiary/aromatic N) is 2. The number of anilines is 1. The maximum atomic E-state index is 14.4. The molecule has 224 valence electrons. The highest BCUT2D eigenvalue weighted by atomic mass is 35.5. The zero-order valence-corrected chi connectivity index (χ0v) is 25.8. The van der Waals surface area contributed by atoms with Gasteiger partial charge in [0.1, 0.15) is 12.6 Å². The zero-order valence-electron chi connectivity index (χ0n) is 24.3. The van der Waals surface area contributed by atoms with E-state index < -0.39 is 28.5 Å². The van der Waals surface area contributed by atoms with Crippen LogP contribution in [0.1, 0.15) is 25.0 Å². The van der Waals surface area contributed by atoms with E-state index >= 15 is 0 Å². The van der Waals surface area contributed by atoms with Crippen molar-refractivity contribution in [2.75, 3.05) is 17.4 Å². The van der Waals surface area contributed by atoms with Crippen molar-refractivity contribution in [2.24, 2.45) is 5.92 Å². The first-order valence-corrected chi connectivity index (χ1v) is 16.0. The maximum absolute atomic E-state index is 14.4. The predicted molar refractivity (Wildman–Crippen MR) is 171 cm³/mol. The van der Waals surface area contributed by atoms with Gasteiger partial charge in [-0.15, -0.1) is 0 Å². The number of nitrogens with one attached hydrogen (secondary N) is 1. The second-order valence-corrected chi connectivity index (χ2v) is 12.9. The molecule has 1 atom stereocenters. The summed E-state index contributed by atoms with van der Waals surface area (Å²) in [6.45, 7) is 3.90. The van der Waals surface area contributed by atoms with E-state index in [9.17, 15) is 18.0 Å². The standard InChI is InChI=1S/C34H36ClN3O4S/c1-26(2)23-36-34(40)32(22-27-14-6-3-7-15-27)37(24-28-16-12-13-21-31(28)35)33(39)25-38(29-17-8-4-9-18-29)43(41,42)30-19-10-5-11-20-30/h3-21,26,32H,22-25H2,1-2H3,(H,36,40). The largest absolute Gasteiger partial charge is 0.354 e. The molecular formula is C34H36ClN3O4S. The molecule has 0 aromatic heterocycles. The van der Waals surface area contributed by atoms with Gasteiger partial charge in [-0.25, -0.2) is 8.42 Å². The van der Waals surface area contributed by atoms with Crippen LogP contribution >= 0.6 is 11.6 Å². The molecule has 2 amide bonds. The van der Waals surface area contributed by atoms with Crippen molar-refractivity contribution in [3.05, 3.63) is 131 Å². The molecule has 0 aliphatic rings. The summed E-state index contributed by atoms with van der Waals surface area (Å²) in [6.07, 6.45) is 0.234. The third-order valence-corrected chi connectivity index (χ3v) is 9.07. The molecule has 4 aromatic rings. The third-order valence-electron chi connectivity index (χ3n) is 6.91. The SMILES string of the molecule is CC(C)CNC(=O)C(Cc1ccccc1)N(Cc1ccccc1Cl)C(=O)CN(c1ccccc1)S(=O)(=O)c1ccccc1. The van der Waals surface area contributed by atoms with Crippen LogP contribution in [0.15, 0.2) is 120 Å². The Hall–Kier alpha value is -4.14. The molecule has 0 heterocycles. The monoisotopic (exact) mass is 617 g/mol. The summed E-state index contributed by atoms with van der Waals surface area (Å²) in [5.74, 6) is -0.669. The minimum atomic E-state index is -4.13. The van der Waals surface area contributed by atoms with Gasteiger partial charge in [0.2, 0.25) is 11.8 Å². The Morgan fingerprint density at radius 1 is 0.791 bits per heavy atom. The van der Waals surface area contributed by atoms with Crippen molar-refractivity contribution >= 4 is 39.1 Å². The zero-order chi connectivity index (χ0) is 30.8. The lowest BCUT2D eigenvalue weighted by Gasteiger charge is -2.34. The van der Waals surface area contributed by atoms with Crippen LogP contribution in [0.5, 0.6) is 0 Å². The van der Waals surface area contributed by atoms with Gasteiger partial charge >= 0.3 is 0 Å². The Morgan fingerprint density at radius 3 is 1.95 bits per heavy atom. The Balaban J connectivity index is 1.78. The van der Waals surface area contributed by atoms with Gasteiger partial charge in [-0.2, -0.15) is 0 Å². The molecule has 0 spiro atoms. The molecule has 1 unspecified atom stereocenters. The minimum Gasteiger partial charge on any atom is -0.354 e. The van der Waals surface area contributed by atoms with Crippen LogP contribution in [0.4, 0.5) is 5.69 Å². The van der Waals surface area contributed by atoms with Gasteiger partial charge in [0.05, 0.1) is 10.6 Å². The first kappa shape index (κ1) is 31.8. The topological polar surface area (TPSA) is 86.8 Å². The molecule has 0 aliphatic heterocycles. The fourth-order valence-corrected chi connectivity index (χ4v) is 6.26. The van der Waals surface area contributed by atoms with E-state index in [0.717, 1.165) is 9.87 Å². The van der Waals surface area contributed by atoms with E-state index in [4.69, 9.17) is 11.6 Å². The highest BCUT2D eigenvalue weighted by Gasteiger charge is 2.34. The minimum absolute atomic E-state index is 0.0130. The molecule has 1 N–H and O–H groups in total. The molecule has 43 heavy (non-hydrogen) atoms. The number of carbonyl (C=O) groups is 2. The van der Waals surface area contributed by atoms with Crippen LogP contribution in [-0.4, -0.2) is 44.3 Å². The van der Waals surface area contributed by atoms with Gasteiger partial charge in [-0.3, -0.25) is 13.9 Å². The number of benzene rings is 4. The van der Waals surface area contributed by atoms with Crippen LogP contribution in [0.2, 0.25) is 5.02 Å². The van der Waals surface area contributed by atoms with E-state index in [2.05, 4.69) is 5.32 Å². The molecule has 0 radical (unpaired) electrons. The molecular weight excluding hydrogens is 582 g/mol. The summed E-state index contributed by atoms with van der Waals surface area (Å²) >= 11 is 6.53. The summed E-state index contributed by atoms with van der Waals surface area (Å²) in [5, 5.41) is 3.42. The van der Waals surface area contributed by atoms with Crippen molar-refractivity contribution in [1.29, 1.82) is 0 Å². The Bertz CT molecular complexity index is 1600. The second kappa shape index (κ2) is 14.8. The predicted octanol–water partition coefficient (Wildman–Crippen LogP) is 5.95. The molecule has 4 rings (SSSR count). The molecule has 0 bridgehead atoms. The van der Waals surface area contributed by atoms with Gasteiger partial charge in [0.25, 0.3) is 10.0 Å². The molecule has 0 saturated heterocycles. The van der Waals surface area contributed by atoms with E-state index in [0.29, 0.717) is 22.8 Å². The summed E-state index contributed by atoms with van der Waals surface area (Å²) in [4.78, 5) is 29.7. The summed E-state index contributed by atoms with van der Waals surface area (Å²) in [6, 6.07) is 32.1. The summed E-state index contributed by atoms with van der Waals surface area (Å²) in [5.41, 5.74) is 1.84. The van der Waals surface area contributed by atoms with Crippen LogP contribution in [0.3, 0.4) is 0 Å². The Labute approximate surface area is 259 Å². The van der Waals surface area contributed by atoms with Gasteiger partial charge in [-0.1, -0.05) is 110 Å². The smallest absolute Gasteiger partial charge is 0.264 e. The molecule has 7 nitrogen and oxygen atoms in total. The Morgan fingerprint density at radius 2 is 1.35 bits per heavy atom. The number of rotatable bonds is 13. The molecule has 0 fully saturated rings. The van der Waals surface area contributed by atoms with Gasteiger partial charge in [0.15, 0.2) is 0 Å². The second-order valence-electron chi connectivity index (χ2n) is 10.6. The number of halogens is 1. The summed E-state index contributed by atoms with van der Waals surface area (Å²) < 4.78 is 29.0. The van der Waals surface area contributed by atoms with Gasteiger partial charge in [-0.05, 0) is 47.4 Å². The van der Waals surface area contributed by atoms with E-state index in [1.165, 1.54) is 17.0 Å². The molecule has 0 saturated carbocycles. The van der Waals surface area contributed by atoms with Crippen molar-refractivity contribution in [1.82, 2.24) is 10.2 Å². The fourth-order valence-electron chi connectivity index (χ4n) is 4.63. The van der Waals surface area contributed by atoms with Gasteiger partial charge < -0.3 is 10.2 Å². The molecule has 4 aromatic carbocycles. The summed E-state index contributed by atoms with van der Waals surface area (Å²) in [7, 11) is -4.13. The highest BCUT2D eigenvalue weighted by molar-refractivity contribution is 7.92. The van der Waals surface area contributed by atoms with Gasteiger partial charge in [0, 0.05) is 24.5 Å². The number of para-hydroxylation sites is 1. The lowest BCUT2D eigenvalue weighted by Crippen LogP contribution is -2.53. The third kappa shape index (κ3) is 8.46. The average Bonchev–Trinajstić information content (AvgIpc) is 3.02. The lowest BCUT2D eigenvalue weighted by molar-refractivity contribution is -0.140. The number of carbonyl (C=O) groups excluding carboxylic acids is 2. The fraction of sp³-hybridized carbons (Fsp3) is 0.235.